The second-order valence-electron chi connectivity index (χ2n) is 11.0. The number of anilines is 1. The number of carbonyl (C=O) groups excluding carboxylic acids is 2. The van der Waals surface area contributed by atoms with Crippen LogP contribution in [0.1, 0.15) is 29.5 Å². The standard InChI is InChI=1S/C34H30ClF2N5O2/c1-20-38-16-24(17-39-20)22-10-11-26-23(18-42(21(2)43)31(26)14-22)12-13-41-19-25(36)15-32(41)34(44)40-30-9-5-7-28(33(30)37)27-6-3-4-8-29(27)35/h3-11,14,16-18,25,32H,12-13,15,19H2,1-2H3,(H,40,44)/t25-,32+/m1/s1. The Morgan fingerprint density at radius 2 is 1.77 bits per heavy atom. The lowest BCUT2D eigenvalue weighted by Crippen LogP contribution is -2.40. The maximum atomic E-state index is 15.5. The number of rotatable bonds is 7. The lowest BCUT2D eigenvalue weighted by molar-refractivity contribution is -0.120. The van der Waals surface area contributed by atoms with E-state index in [1.165, 1.54) is 13.0 Å². The molecule has 3 aromatic carbocycles. The van der Waals surface area contributed by atoms with E-state index in [0.717, 1.165) is 27.6 Å². The molecule has 0 aliphatic carbocycles. The first-order valence-electron chi connectivity index (χ1n) is 14.4. The Bertz CT molecular complexity index is 1870. The van der Waals surface area contributed by atoms with Gasteiger partial charge in [-0.25, -0.2) is 18.7 Å². The number of alkyl halides is 1. The third-order valence-corrected chi connectivity index (χ3v) is 8.42. The largest absolute Gasteiger partial charge is 0.322 e. The summed E-state index contributed by atoms with van der Waals surface area (Å²) in [6, 6.07) is 16.7. The molecule has 2 aromatic heterocycles. The van der Waals surface area contributed by atoms with E-state index in [2.05, 4.69) is 15.3 Å². The van der Waals surface area contributed by atoms with Gasteiger partial charge in [0.05, 0.1) is 17.2 Å². The topological polar surface area (TPSA) is 80.1 Å². The number of nitrogens with one attached hydrogen (secondary N) is 1. The molecule has 0 saturated carbocycles. The van der Waals surface area contributed by atoms with Gasteiger partial charge in [-0.15, -0.1) is 0 Å². The van der Waals surface area contributed by atoms with Gasteiger partial charge in [-0.2, -0.15) is 0 Å². The van der Waals surface area contributed by atoms with Crippen LogP contribution in [-0.2, 0) is 11.2 Å². The second-order valence-corrected chi connectivity index (χ2v) is 11.4. The van der Waals surface area contributed by atoms with Gasteiger partial charge >= 0.3 is 0 Å². The van der Waals surface area contributed by atoms with Crippen LogP contribution >= 0.6 is 11.6 Å². The number of halogens is 3. The lowest BCUT2D eigenvalue weighted by Gasteiger charge is -2.23. The number of aryl methyl sites for hydroxylation is 1. The van der Waals surface area contributed by atoms with Crippen LogP contribution in [-0.4, -0.2) is 56.6 Å². The first-order chi connectivity index (χ1) is 21.2. The minimum atomic E-state index is -1.19. The Hall–Kier alpha value is -4.47. The average molecular weight is 614 g/mol. The molecule has 1 N–H and O–H groups in total. The molecule has 6 rings (SSSR count). The highest BCUT2D eigenvalue weighted by Gasteiger charge is 2.37. The van der Waals surface area contributed by atoms with Crippen molar-refractivity contribution in [3.8, 4) is 22.3 Å². The molecule has 1 saturated heterocycles. The Labute approximate surface area is 258 Å². The number of hydrogen-bond acceptors (Lipinski definition) is 5. The molecule has 0 bridgehead atoms. The summed E-state index contributed by atoms with van der Waals surface area (Å²) >= 11 is 6.28. The Morgan fingerprint density at radius 1 is 1.02 bits per heavy atom. The number of fused-ring (bicyclic) bond motifs is 1. The zero-order valence-corrected chi connectivity index (χ0v) is 25.0. The van der Waals surface area contributed by atoms with Gasteiger partial charge in [0.1, 0.15) is 12.0 Å². The average Bonchev–Trinajstić information content (AvgIpc) is 3.57. The van der Waals surface area contributed by atoms with E-state index in [1.807, 2.05) is 25.1 Å². The van der Waals surface area contributed by atoms with Gasteiger partial charge in [-0.3, -0.25) is 19.1 Å². The molecule has 1 aliphatic heterocycles. The van der Waals surface area contributed by atoms with E-state index >= 15 is 4.39 Å². The molecule has 5 aromatic rings. The van der Waals surface area contributed by atoms with E-state index in [1.54, 1.807) is 64.5 Å². The predicted molar refractivity (Wildman–Crippen MR) is 168 cm³/mol. The molecule has 10 heteroatoms. The summed E-state index contributed by atoms with van der Waals surface area (Å²) in [5.41, 5.74) is 4.16. The zero-order chi connectivity index (χ0) is 31.0. The fraction of sp³-hybridized carbons (Fsp3) is 0.235. The number of likely N-dealkylation sites (tertiary alicyclic amines) is 1. The third kappa shape index (κ3) is 5.85. The maximum Gasteiger partial charge on any atom is 0.241 e. The van der Waals surface area contributed by atoms with Crippen LogP contribution in [0.5, 0.6) is 0 Å². The van der Waals surface area contributed by atoms with Crippen molar-refractivity contribution < 1.29 is 18.4 Å². The maximum absolute atomic E-state index is 15.5. The van der Waals surface area contributed by atoms with Crippen LogP contribution in [0.3, 0.4) is 0 Å². The predicted octanol–water partition coefficient (Wildman–Crippen LogP) is 7.12. The number of nitrogens with zero attached hydrogens (tertiary/aromatic N) is 4. The van der Waals surface area contributed by atoms with Gasteiger partial charge in [0.2, 0.25) is 11.8 Å². The Kier molecular flexibility index (Phi) is 8.25. The molecule has 0 spiro atoms. The first-order valence-corrected chi connectivity index (χ1v) is 14.7. The van der Waals surface area contributed by atoms with E-state index in [0.29, 0.717) is 29.4 Å². The van der Waals surface area contributed by atoms with Crippen LogP contribution < -0.4 is 5.32 Å². The minimum absolute atomic E-state index is 0.00832. The number of hydrogen-bond donors (Lipinski definition) is 1. The molecule has 1 fully saturated rings. The zero-order valence-electron chi connectivity index (χ0n) is 24.2. The number of benzene rings is 3. The molecule has 7 nitrogen and oxygen atoms in total. The van der Waals surface area contributed by atoms with Crippen molar-refractivity contribution in [1.29, 1.82) is 0 Å². The van der Waals surface area contributed by atoms with Crippen LogP contribution in [0.4, 0.5) is 14.5 Å². The monoisotopic (exact) mass is 613 g/mol. The van der Waals surface area contributed by atoms with Crippen LogP contribution in [0, 0.1) is 12.7 Å². The van der Waals surface area contributed by atoms with Gasteiger partial charge in [0.25, 0.3) is 0 Å². The third-order valence-electron chi connectivity index (χ3n) is 8.09. The van der Waals surface area contributed by atoms with Crippen molar-refractivity contribution in [2.24, 2.45) is 0 Å². The van der Waals surface area contributed by atoms with Crippen molar-refractivity contribution in [1.82, 2.24) is 19.4 Å². The number of aromatic nitrogens is 3. The molecule has 1 amide bonds. The highest BCUT2D eigenvalue weighted by Crippen LogP contribution is 2.33. The molecule has 44 heavy (non-hydrogen) atoms. The summed E-state index contributed by atoms with van der Waals surface area (Å²) in [5, 5.41) is 3.97. The summed E-state index contributed by atoms with van der Waals surface area (Å²) < 4.78 is 31.8. The van der Waals surface area contributed by atoms with Crippen LogP contribution in [0.2, 0.25) is 5.02 Å². The van der Waals surface area contributed by atoms with Gasteiger partial charge in [0.15, 0.2) is 5.82 Å². The quantitative estimate of drug-likeness (QED) is 0.211. The first kappa shape index (κ1) is 29.6. The van der Waals surface area contributed by atoms with Crippen molar-refractivity contribution >= 4 is 40.0 Å². The van der Waals surface area contributed by atoms with E-state index in [9.17, 15) is 14.0 Å². The van der Waals surface area contributed by atoms with E-state index in [-0.39, 0.29) is 30.1 Å². The summed E-state index contributed by atoms with van der Waals surface area (Å²) in [4.78, 5) is 36.2. The number of amides is 1. The summed E-state index contributed by atoms with van der Waals surface area (Å²) in [5.74, 6) is -0.549. The number of carbonyl (C=O) groups is 2. The highest BCUT2D eigenvalue weighted by atomic mass is 35.5. The normalized spacial score (nSPS) is 16.8. The fourth-order valence-corrected chi connectivity index (χ4v) is 6.08. The molecule has 224 valence electrons. The smallest absolute Gasteiger partial charge is 0.241 e. The highest BCUT2D eigenvalue weighted by molar-refractivity contribution is 6.33. The SMILES string of the molecule is CC(=O)n1cc(CCN2C[C@H](F)C[C@H]2C(=O)Nc2cccc(-c3ccccc3Cl)c2F)c2ccc(-c3cnc(C)nc3)cc21. The summed E-state index contributed by atoms with van der Waals surface area (Å²) in [7, 11) is 0. The van der Waals surface area contributed by atoms with Crippen molar-refractivity contribution in [2.45, 2.75) is 38.9 Å². The van der Waals surface area contributed by atoms with Gasteiger partial charge in [-0.1, -0.05) is 54.1 Å². The Balaban J connectivity index is 1.21. The van der Waals surface area contributed by atoms with E-state index < -0.39 is 23.9 Å². The van der Waals surface area contributed by atoms with E-state index in [4.69, 9.17) is 11.6 Å². The molecule has 2 atom stereocenters. The van der Waals surface area contributed by atoms with Crippen molar-refractivity contribution in [3.63, 3.8) is 0 Å². The summed E-state index contributed by atoms with van der Waals surface area (Å²) in [6.07, 6.45) is 4.59. The van der Waals surface area contributed by atoms with Crippen LogP contribution in [0.25, 0.3) is 33.2 Å². The van der Waals surface area contributed by atoms with Gasteiger partial charge in [-0.05, 0) is 42.7 Å². The molecule has 0 radical (unpaired) electrons. The molecular weight excluding hydrogens is 584 g/mol. The minimum Gasteiger partial charge on any atom is -0.322 e. The second kappa shape index (κ2) is 12.3. The molecule has 1 aliphatic rings. The molecular formula is C34H30ClF2N5O2. The molecule has 3 heterocycles. The van der Waals surface area contributed by atoms with Gasteiger partial charge < -0.3 is 5.32 Å². The van der Waals surface area contributed by atoms with Crippen LogP contribution in [0.15, 0.2) is 79.3 Å². The van der Waals surface area contributed by atoms with Crippen molar-refractivity contribution in [2.75, 3.05) is 18.4 Å². The van der Waals surface area contributed by atoms with Crippen molar-refractivity contribution in [3.05, 3.63) is 101 Å². The lowest BCUT2D eigenvalue weighted by atomic mass is 10.0. The molecule has 0 unspecified atom stereocenters. The Morgan fingerprint density at radius 3 is 2.52 bits per heavy atom. The summed E-state index contributed by atoms with van der Waals surface area (Å²) in [6.45, 7) is 3.78. The fourth-order valence-electron chi connectivity index (χ4n) is 5.84. The van der Waals surface area contributed by atoms with Gasteiger partial charge in [0, 0.05) is 72.1 Å².